The van der Waals surface area contributed by atoms with Crippen LogP contribution in [0.1, 0.15) is 19.1 Å². The maximum Gasteiger partial charge on any atom is 0.240 e. The number of benzene rings is 2. The molecule has 2 N–H and O–H groups in total. The lowest BCUT2D eigenvalue weighted by molar-refractivity contribution is -0.122. The average Bonchev–Trinajstić information content (AvgIpc) is 3.42. The van der Waals surface area contributed by atoms with Crippen LogP contribution < -0.4 is 15.4 Å². The van der Waals surface area contributed by atoms with Gasteiger partial charge in [-0.2, -0.15) is 5.10 Å². The quantitative estimate of drug-likeness (QED) is 0.339. The standard InChI is InChI=1S/C24H21ClN4O4S/c1-2-32-16-9-7-15(8-10-16)27-22(30)13-21-23(31)28-24(34-21)29-26-14-17-11-12-20(33-17)18-5-3-4-6-19(18)25/h3-12,14,21H,2,13H2,1H3,(H,27,30)(H,28,29,31)/b26-14+. The lowest BCUT2D eigenvalue weighted by atomic mass is 10.2. The van der Waals surface area contributed by atoms with Crippen molar-refractivity contribution >= 4 is 52.2 Å². The van der Waals surface area contributed by atoms with Gasteiger partial charge in [-0.15, -0.1) is 5.10 Å². The fourth-order valence-corrected chi connectivity index (χ4v) is 4.29. The fourth-order valence-electron chi connectivity index (χ4n) is 3.13. The van der Waals surface area contributed by atoms with Crippen LogP contribution in [0, 0.1) is 0 Å². The van der Waals surface area contributed by atoms with E-state index in [0.717, 1.165) is 23.1 Å². The van der Waals surface area contributed by atoms with Crippen molar-refractivity contribution in [1.82, 2.24) is 5.32 Å². The van der Waals surface area contributed by atoms with Crippen LogP contribution in [0.25, 0.3) is 11.3 Å². The van der Waals surface area contributed by atoms with E-state index in [1.54, 1.807) is 42.5 Å². The minimum absolute atomic E-state index is 0.00578. The van der Waals surface area contributed by atoms with E-state index in [2.05, 4.69) is 20.8 Å². The molecule has 2 heterocycles. The highest BCUT2D eigenvalue weighted by atomic mass is 35.5. The number of rotatable bonds is 8. The number of furan rings is 1. The first-order chi connectivity index (χ1) is 16.5. The van der Waals surface area contributed by atoms with Gasteiger partial charge in [0.1, 0.15) is 22.5 Å². The first-order valence-corrected chi connectivity index (χ1v) is 11.7. The minimum atomic E-state index is -0.591. The van der Waals surface area contributed by atoms with Gasteiger partial charge in [0.2, 0.25) is 11.8 Å². The molecule has 1 aliphatic heterocycles. The van der Waals surface area contributed by atoms with E-state index in [1.807, 2.05) is 25.1 Å². The number of nitrogens with zero attached hydrogens (tertiary/aromatic N) is 2. The van der Waals surface area contributed by atoms with Crippen LogP contribution in [0.15, 0.2) is 75.3 Å². The maximum absolute atomic E-state index is 12.3. The molecule has 1 unspecified atom stereocenters. The second-order valence-electron chi connectivity index (χ2n) is 7.14. The maximum atomic E-state index is 12.3. The lowest BCUT2D eigenvalue weighted by Crippen LogP contribution is -2.28. The van der Waals surface area contributed by atoms with Crippen LogP contribution >= 0.6 is 23.4 Å². The normalized spacial score (nSPS) is 16.7. The summed E-state index contributed by atoms with van der Waals surface area (Å²) in [6.45, 7) is 2.47. The molecule has 1 aliphatic rings. The van der Waals surface area contributed by atoms with Crippen molar-refractivity contribution in [3.05, 3.63) is 71.4 Å². The molecule has 0 aliphatic carbocycles. The van der Waals surface area contributed by atoms with Crippen LogP contribution in [0.4, 0.5) is 5.69 Å². The van der Waals surface area contributed by atoms with Crippen molar-refractivity contribution in [2.45, 2.75) is 18.6 Å². The van der Waals surface area contributed by atoms with Gasteiger partial charge in [-0.25, -0.2) is 0 Å². The Morgan fingerprint density at radius 2 is 2.00 bits per heavy atom. The second kappa shape index (κ2) is 11.0. The summed E-state index contributed by atoms with van der Waals surface area (Å²) in [7, 11) is 0. The number of carbonyl (C=O) groups excluding carboxylic acids is 2. The number of thioether (sulfide) groups is 1. The summed E-state index contributed by atoms with van der Waals surface area (Å²) in [5.74, 6) is 1.26. The molecule has 4 rings (SSSR count). The zero-order chi connectivity index (χ0) is 23.9. The summed E-state index contributed by atoms with van der Waals surface area (Å²) >= 11 is 7.35. The summed E-state index contributed by atoms with van der Waals surface area (Å²) in [4.78, 5) is 24.6. The molecule has 0 saturated carbocycles. The first-order valence-electron chi connectivity index (χ1n) is 10.5. The highest BCUT2D eigenvalue weighted by Gasteiger charge is 2.32. The van der Waals surface area contributed by atoms with E-state index in [9.17, 15) is 9.59 Å². The summed E-state index contributed by atoms with van der Waals surface area (Å²) in [6.07, 6.45) is 1.44. The number of anilines is 1. The minimum Gasteiger partial charge on any atom is -0.494 e. The van der Waals surface area contributed by atoms with Crippen LogP contribution in [-0.4, -0.2) is 35.1 Å². The first kappa shape index (κ1) is 23.6. The molecule has 1 aromatic heterocycles. The van der Waals surface area contributed by atoms with Gasteiger partial charge in [0, 0.05) is 17.7 Å². The number of amides is 2. The molecule has 0 radical (unpaired) electrons. The van der Waals surface area contributed by atoms with E-state index in [0.29, 0.717) is 34.0 Å². The van der Waals surface area contributed by atoms with Crippen molar-refractivity contribution in [2.24, 2.45) is 10.2 Å². The third kappa shape index (κ3) is 6.06. The predicted molar refractivity (Wildman–Crippen MR) is 135 cm³/mol. The summed E-state index contributed by atoms with van der Waals surface area (Å²) in [5, 5.41) is 13.7. The highest BCUT2D eigenvalue weighted by Crippen LogP contribution is 2.29. The topological polar surface area (TPSA) is 105 Å². The Labute approximate surface area is 205 Å². The van der Waals surface area contributed by atoms with Gasteiger partial charge in [-0.05, 0) is 55.5 Å². The molecule has 2 amide bonds. The van der Waals surface area contributed by atoms with Gasteiger partial charge in [0.15, 0.2) is 5.17 Å². The average molecular weight is 497 g/mol. The molecule has 0 bridgehead atoms. The molecule has 1 atom stereocenters. The van der Waals surface area contributed by atoms with Crippen molar-refractivity contribution in [3.8, 4) is 17.1 Å². The molecule has 10 heteroatoms. The van der Waals surface area contributed by atoms with E-state index >= 15 is 0 Å². The van der Waals surface area contributed by atoms with E-state index in [1.165, 1.54) is 6.21 Å². The Balaban J connectivity index is 1.31. The summed E-state index contributed by atoms with van der Waals surface area (Å²) < 4.78 is 11.1. The van der Waals surface area contributed by atoms with Gasteiger partial charge in [0.25, 0.3) is 0 Å². The molecule has 174 valence electrons. The monoisotopic (exact) mass is 496 g/mol. The molecule has 0 spiro atoms. The van der Waals surface area contributed by atoms with Gasteiger partial charge >= 0.3 is 0 Å². The van der Waals surface area contributed by atoms with Crippen LogP contribution in [-0.2, 0) is 9.59 Å². The smallest absolute Gasteiger partial charge is 0.240 e. The van der Waals surface area contributed by atoms with Crippen molar-refractivity contribution in [3.63, 3.8) is 0 Å². The number of carbonyl (C=O) groups is 2. The summed E-state index contributed by atoms with van der Waals surface area (Å²) in [5.41, 5.74) is 1.41. The van der Waals surface area contributed by atoms with Crippen molar-refractivity contribution < 1.29 is 18.7 Å². The van der Waals surface area contributed by atoms with Crippen molar-refractivity contribution in [2.75, 3.05) is 11.9 Å². The zero-order valence-corrected chi connectivity index (χ0v) is 19.7. The van der Waals surface area contributed by atoms with Gasteiger partial charge in [0.05, 0.1) is 17.8 Å². The predicted octanol–water partition coefficient (Wildman–Crippen LogP) is 4.95. The van der Waals surface area contributed by atoms with E-state index < -0.39 is 5.25 Å². The molecule has 2 aromatic carbocycles. The number of nitrogens with one attached hydrogen (secondary N) is 2. The number of amidine groups is 1. The molecular formula is C24H21ClN4O4S. The van der Waals surface area contributed by atoms with Crippen LogP contribution in [0.5, 0.6) is 5.75 Å². The third-order valence-electron chi connectivity index (χ3n) is 4.70. The van der Waals surface area contributed by atoms with E-state index in [4.69, 9.17) is 20.8 Å². The van der Waals surface area contributed by atoms with Gasteiger partial charge in [-0.3, -0.25) is 9.59 Å². The molecule has 34 heavy (non-hydrogen) atoms. The third-order valence-corrected chi connectivity index (χ3v) is 6.10. The lowest BCUT2D eigenvalue weighted by Gasteiger charge is -2.08. The molecular weight excluding hydrogens is 476 g/mol. The Morgan fingerprint density at radius 1 is 1.21 bits per heavy atom. The molecule has 3 aromatic rings. The molecule has 1 fully saturated rings. The summed E-state index contributed by atoms with van der Waals surface area (Å²) in [6, 6.07) is 17.9. The second-order valence-corrected chi connectivity index (χ2v) is 8.74. The molecule has 8 nitrogen and oxygen atoms in total. The number of halogens is 1. The van der Waals surface area contributed by atoms with Gasteiger partial charge < -0.3 is 19.8 Å². The number of hydrogen-bond donors (Lipinski definition) is 2. The fraction of sp³-hybridized carbons (Fsp3) is 0.167. The zero-order valence-electron chi connectivity index (χ0n) is 18.2. The Hall–Kier alpha value is -3.56. The SMILES string of the molecule is CCOc1ccc(NC(=O)CC2S/C(=N\N=C\c3ccc(-c4ccccc4Cl)o3)NC2=O)cc1. The Morgan fingerprint density at radius 3 is 2.76 bits per heavy atom. The number of ether oxygens (including phenoxy) is 1. The highest BCUT2D eigenvalue weighted by molar-refractivity contribution is 8.15. The van der Waals surface area contributed by atoms with Crippen LogP contribution in [0.2, 0.25) is 5.02 Å². The van der Waals surface area contributed by atoms with E-state index in [-0.39, 0.29) is 18.2 Å². The van der Waals surface area contributed by atoms with Crippen LogP contribution in [0.3, 0.4) is 0 Å². The Bertz CT molecular complexity index is 1240. The Kier molecular flexibility index (Phi) is 7.66. The van der Waals surface area contributed by atoms with Crippen molar-refractivity contribution in [1.29, 1.82) is 0 Å². The molecule has 1 saturated heterocycles. The number of hydrogen-bond acceptors (Lipinski definition) is 7. The largest absolute Gasteiger partial charge is 0.494 e. The van der Waals surface area contributed by atoms with Gasteiger partial charge in [-0.1, -0.05) is 35.5 Å².